The van der Waals surface area contributed by atoms with E-state index in [1.807, 2.05) is 0 Å². The molecule has 0 unspecified atom stereocenters. The summed E-state index contributed by atoms with van der Waals surface area (Å²) in [5.74, 6) is 0.515. The molecule has 0 spiro atoms. The van der Waals surface area contributed by atoms with Gasteiger partial charge >= 0.3 is 6.01 Å². The average molecular weight is 461 g/mol. The lowest BCUT2D eigenvalue weighted by atomic mass is 10.2. The van der Waals surface area contributed by atoms with E-state index >= 15 is 0 Å². The molecule has 0 aliphatic carbocycles. The summed E-state index contributed by atoms with van der Waals surface area (Å²) in [6.45, 7) is 4.25. The second-order valence-electron chi connectivity index (χ2n) is 6.52. The highest BCUT2D eigenvalue weighted by Gasteiger charge is 2.23. The summed E-state index contributed by atoms with van der Waals surface area (Å²) in [6, 6.07) is 10.7. The molecule has 11 heteroatoms. The molecule has 0 saturated carbocycles. The second-order valence-corrected chi connectivity index (χ2v) is 8.46. The molecule has 0 aliphatic heterocycles. The third kappa shape index (κ3) is 4.58. The van der Waals surface area contributed by atoms with Crippen LogP contribution >= 0.6 is 0 Å². The third-order valence-electron chi connectivity index (χ3n) is 4.75. The van der Waals surface area contributed by atoms with Crippen molar-refractivity contribution < 1.29 is 27.1 Å². The Balaban J connectivity index is 1.79. The maximum Gasteiger partial charge on any atom is 0.322 e. The molecule has 0 fully saturated rings. The molecular weight excluding hydrogens is 436 g/mol. The average Bonchev–Trinajstić information content (AvgIpc) is 3.27. The summed E-state index contributed by atoms with van der Waals surface area (Å²) in [6.07, 6.45) is 0. The molecule has 2 aromatic carbocycles. The zero-order valence-electron chi connectivity index (χ0n) is 18.2. The lowest BCUT2D eigenvalue weighted by molar-refractivity contribution is 0.102. The normalized spacial score (nSPS) is 11.4. The Morgan fingerprint density at radius 1 is 1.00 bits per heavy atom. The number of rotatable bonds is 9. The number of nitrogens with one attached hydrogen (secondary N) is 1. The Bertz CT molecular complexity index is 1170. The van der Waals surface area contributed by atoms with Gasteiger partial charge in [-0.2, -0.15) is 4.31 Å². The first-order valence-electron chi connectivity index (χ1n) is 9.82. The number of sulfonamides is 1. The Morgan fingerprint density at radius 3 is 2.12 bits per heavy atom. The fourth-order valence-electron chi connectivity index (χ4n) is 3.10. The van der Waals surface area contributed by atoms with E-state index in [4.69, 9.17) is 13.9 Å². The summed E-state index contributed by atoms with van der Waals surface area (Å²) in [4.78, 5) is 12.7. The van der Waals surface area contributed by atoms with Gasteiger partial charge in [-0.3, -0.25) is 10.1 Å². The van der Waals surface area contributed by atoms with Crippen LogP contribution in [0.1, 0.15) is 24.2 Å². The minimum Gasteiger partial charge on any atom is -0.496 e. The number of aromatic nitrogens is 2. The first-order valence-corrected chi connectivity index (χ1v) is 11.3. The molecule has 10 nitrogen and oxygen atoms in total. The number of amides is 1. The molecule has 0 radical (unpaired) electrons. The predicted molar refractivity (Wildman–Crippen MR) is 117 cm³/mol. The molecule has 1 heterocycles. The minimum absolute atomic E-state index is 0.107. The second kappa shape index (κ2) is 9.79. The van der Waals surface area contributed by atoms with Crippen LogP contribution in [0.3, 0.4) is 0 Å². The molecule has 32 heavy (non-hydrogen) atoms. The van der Waals surface area contributed by atoms with Crippen LogP contribution in [0.5, 0.6) is 11.5 Å². The van der Waals surface area contributed by atoms with Gasteiger partial charge in [-0.1, -0.05) is 25.0 Å². The van der Waals surface area contributed by atoms with Crippen molar-refractivity contribution >= 4 is 21.9 Å². The zero-order chi connectivity index (χ0) is 23.3. The van der Waals surface area contributed by atoms with E-state index in [2.05, 4.69) is 15.5 Å². The minimum atomic E-state index is -3.61. The van der Waals surface area contributed by atoms with Crippen LogP contribution in [-0.2, 0) is 10.0 Å². The van der Waals surface area contributed by atoms with Gasteiger partial charge in [-0.25, -0.2) is 8.42 Å². The fraction of sp³-hybridized carbons (Fsp3) is 0.286. The van der Waals surface area contributed by atoms with E-state index in [-0.39, 0.29) is 22.4 Å². The van der Waals surface area contributed by atoms with Gasteiger partial charge in [0.1, 0.15) is 17.1 Å². The van der Waals surface area contributed by atoms with Gasteiger partial charge in [0.05, 0.1) is 19.1 Å². The lowest BCUT2D eigenvalue weighted by Crippen LogP contribution is -2.30. The number of hydrogen-bond acceptors (Lipinski definition) is 8. The number of carbonyl (C=O) groups excluding carboxylic acids is 1. The molecule has 0 saturated heterocycles. The molecule has 0 bridgehead atoms. The summed E-state index contributed by atoms with van der Waals surface area (Å²) in [5.41, 5.74) is 0.689. The van der Waals surface area contributed by atoms with Crippen LogP contribution in [0.4, 0.5) is 6.01 Å². The SMILES string of the molecule is CCN(CC)S(=O)(=O)c1ccc(C(=O)Nc2nnc(-c3c(OC)cccc3OC)o2)cc1. The number of methoxy groups -OCH3 is 2. The lowest BCUT2D eigenvalue weighted by Gasteiger charge is -2.18. The number of nitrogens with zero attached hydrogens (tertiary/aromatic N) is 3. The standard InChI is InChI=1S/C21H24N4O6S/c1-5-25(6-2)32(27,28)15-12-10-14(11-13-15)19(26)22-21-24-23-20(31-21)18-16(29-3)8-7-9-17(18)30-4/h7-13H,5-6H2,1-4H3,(H,22,24,26). The van der Waals surface area contributed by atoms with E-state index in [1.54, 1.807) is 32.0 Å². The van der Waals surface area contributed by atoms with Crippen molar-refractivity contribution in [2.45, 2.75) is 18.7 Å². The Labute approximate surface area is 186 Å². The number of hydrogen-bond donors (Lipinski definition) is 1. The number of ether oxygens (including phenoxy) is 2. The molecule has 1 amide bonds. The summed E-state index contributed by atoms with van der Waals surface area (Å²) >= 11 is 0. The first-order chi connectivity index (χ1) is 15.3. The zero-order valence-corrected chi connectivity index (χ0v) is 19.0. The Kier molecular flexibility index (Phi) is 7.11. The highest BCUT2D eigenvalue weighted by molar-refractivity contribution is 7.89. The predicted octanol–water partition coefficient (Wildman–Crippen LogP) is 3.04. The van der Waals surface area contributed by atoms with Gasteiger partial charge in [-0.05, 0) is 36.4 Å². The van der Waals surface area contributed by atoms with Crippen molar-refractivity contribution in [3.63, 3.8) is 0 Å². The summed E-state index contributed by atoms with van der Waals surface area (Å²) < 4.78 is 42.7. The van der Waals surface area contributed by atoms with Crippen molar-refractivity contribution in [2.24, 2.45) is 0 Å². The van der Waals surface area contributed by atoms with Crippen LogP contribution in [0.15, 0.2) is 51.8 Å². The van der Waals surface area contributed by atoms with Crippen molar-refractivity contribution in [3.8, 4) is 23.0 Å². The van der Waals surface area contributed by atoms with Gasteiger partial charge in [0.15, 0.2) is 0 Å². The van der Waals surface area contributed by atoms with Crippen molar-refractivity contribution in [1.29, 1.82) is 0 Å². The van der Waals surface area contributed by atoms with Gasteiger partial charge in [-0.15, -0.1) is 5.10 Å². The van der Waals surface area contributed by atoms with Gasteiger partial charge in [0.25, 0.3) is 11.8 Å². The van der Waals surface area contributed by atoms with Gasteiger partial charge < -0.3 is 13.9 Å². The maximum atomic E-state index is 12.6. The molecule has 1 N–H and O–H groups in total. The summed E-state index contributed by atoms with van der Waals surface area (Å²) in [5, 5.41) is 10.3. The van der Waals surface area contributed by atoms with Crippen LogP contribution in [0, 0.1) is 0 Å². The van der Waals surface area contributed by atoms with E-state index in [0.717, 1.165) is 0 Å². The third-order valence-corrected chi connectivity index (χ3v) is 6.81. The molecule has 0 atom stereocenters. The maximum absolute atomic E-state index is 12.6. The number of carbonyl (C=O) groups is 1. The fourth-order valence-corrected chi connectivity index (χ4v) is 4.55. The van der Waals surface area contributed by atoms with Crippen molar-refractivity contribution in [3.05, 3.63) is 48.0 Å². The number of anilines is 1. The molecule has 1 aromatic heterocycles. The largest absolute Gasteiger partial charge is 0.496 e. The molecule has 0 aliphatic rings. The molecular formula is C21H24N4O6S. The Morgan fingerprint density at radius 2 is 1.59 bits per heavy atom. The van der Waals surface area contributed by atoms with Gasteiger partial charge in [0.2, 0.25) is 10.0 Å². The highest BCUT2D eigenvalue weighted by atomic mass is 32.2. The van der Waals surface area contributed by atoms with Crippen LogP contribution in [0.25, 0.3) is 11.5 Å². The van der Waals surface area contributed by atoms with E-state index in [0.29, 0.717) is 30.2 Å². The topological polar surface area (TPSA) is 124 Å². The first kappa shape index (κ1) is 23.2. The van der Waals surface area contributed by atoms with E-state index < -0.39 is 15.9 Å². The van der Waals surface area contributed by atoms with Crippen molar-refractivity contribution in [1.82, 2.24) is 14.5 Å². The molecule has 170 valence electrons. The van der Waals surface area contributed by atoms with Crippen molar-refractivity contribution in [2.75, 3.05) is 32.6 Å². The quantitative estimate of drug-likeness (QED) is 0.517. The monoisotopic (exact) mass is 460 g/mol. The van der Waals surface area contributed by atoms with E-state index in [1.165, 1.54) is 42.8 Å². The van der Waals surface area contributed by atoms with Crippen LogP contribution in [-0.4, -0.2) is 56.1 Å². The highest BCUT2D eigenvalue weighted by Crippen LogP contribution is 2.37. The number of benzene rings is 2. The molecule has 3 rings (SSSR count). The van der Waals surface area contributed by atoms with Crippen LogP contribution in [0.2, 0.25) is 0 Å². The smallest absolute Gasteiger partial charge is 0.322 e. The van der Waals surface area contributed by atoms with E-state index in [9.17, 15) is 13.2 Å². The molecule has 3 aromatic rings. The van der Waals surface area contributed by atoms with Gasteiger partial charge in [0, 0.05) is 18.7 Å². The van der Waals surface area contributed by atoms with Crippen LogP contribution < -0.4 is 14.8 Å². The Hall–Kier alpha value is -3.44. The summed E-state index contributed by atoms with van der Waals surface area (Å²) in [7, 11) is -0.603.